The van der Waals surface area contributed by atoms with E-state index in [4.69, 9.17) is 12.2 Å². The summed E-state index contributed by atoms with van der Waals surface area (Å²) in [4.78, 5) is 6.61. The first-order valence-corrected chi connectivity index (χ1v) is 7.22. The second-order valence-electron chi connectivity index (χ2n) is 4.96. The van der Waals surface area contributed by atoms with Gasteiger partial charge in [-0.3, -0.25) is 4.98 Å². The lowest BCUT2D eigenvalue weighted by Crippen LogP contribution is -2.26. The van der Waals surface area contributed by atoms with Crippen LogP contribution in [0.25, 0.3) is 0 Å². The molecule has 0 spiro atoms. The second-order valence-corrected chi connectivity index (χ2v) is 5.34. The van der Waals surface area contributed by atoms with E-state index in [1.165, 1.54) is 5.69 Å². The van der Waals surface area contributed by atoms with Gasteiger partial charge in [0.15, 0.2) is 5.11 Å². The Labute approximate surface area is 124 Å². The summed E-state index contributed by atoms with van der Waals surface area (Å²) in [5.74, 6) is 0. The minimum absolute atomic E-state index is 0.0916. The molecule has 5 heteroatoms. The van der Waals surface area contributed by atoms with Gasteiger partial charge in [-0.2, -0.15) is 0 Å². The molecule has 2 aromatic rings. The lowest BCUT2D eigenvalue weighted by atomic mass is 10.0. The van der Waals surface area contributed by atoms with Gasteiger partial charge in [-0.1, -0.05) is 6.07 Å². The van der Waals surface area contributed by atoms with Crippen LogP contribution in [0.5, 0.6) is 0 Å². The molecule has 2 atom stereocenters. The molecule has 0 aliphatic carbocycles. The maximum Gasteiger partial charge on any atom is 0.169 e. The van der Waals surface area contributed by atoms with Crippen molar-refractivity contribution in [3.63, 3.8) is 0 Å². The summed E-state index contributed by atoms with van der Waals surface area (Å²) >= 11 is 5.43. The maximum absolute atomic E-state index is 5.43. The molecular formula is C15H18N4S. The van der Waals surface area contributed by atoms with Gasteiger partial charge in [0.05, 0.1) is 17.8 Å². The summed E-state index contributed by atoms with van der Waals surface area (Å²) in [6.45, 7) is 3.11. The van der Waals surface area contributed by atoms with E-state index >= 15 is 0 Å². The first kappa shape index (κ1) is 13.1. The number of nitrogens with one attached hydrogen (secondary N) is 1. The van der Waals surface area contributed by atoms with E-state index in [1.807, 2.05) is 31.4 Å². The predicted octanol–water partition coefficient (Wildman–Crippen LogP) is 2.51. The molecule has 0 unspecified atom stereocenters. The number of thiocarbonyl (C=S) groups is 1. The van der Waals surface area contributed by atoms with Crippen molar-refractivity contribution in [2.24, 2.45) is 0 Å². The highest BCUT2D eigenvalue weighted by Gasteiger charge is 2.38. The number of aryl methyl sites for hydroxylation is 1. The van der Waals surface area contributed by atoms with Crippen LogP contribution in [-0.2, 0) is 6.54 Å². The molecule has 0 aromatic carbocycles. The average molecular weight is 286 g/mol. The van der Waals surface area contributed by atoms with Crippen molar-refractivity contribution in [3.05, 3.63) is 54.1 Å². The van der Waals surface area contributed by atoms with Crippen LogP contribution in [0.4, 0.5) is 0 Å². The lowest BCUT2D eigenvalue weighted by molar-refractivity contribution is 0.350. The van der Waals surface area contributed by atoms with E-state index in [1.54, 1.807) is 0 Å². The number of aromatic nitrogens is 2. The van der Waals surface area contributed by atoms with E-state index in [-0.39, 0.29) is 12.1 Å². The first-order valence-electron chi connectivity index (χ1n) is 6.81. The number of rotatable bonds is 3. The fourth-order valence-corrected chi connectivity index (χ4v) is 3.05. The Morgan fingerprint density at radius 1 is 1.30 bits per heavy atom. The summed E-state index contributed by atoms with van der Waals surface area (Å²) in [7, 11) is 2.04. The Kier molecular flexibility index (Phi) is 3.44. The molecule has 3 rings (SSSR count). The standard InChI is InChI=1S/C15H18N4S/c1-3-19-10-6-8-12(19)14-13(17-15(20)18(14)2)11-7-4-5-9-16-11/h4-10,13-14H,3H2,1-2H3,(H,17,20)/t13-,14-/m0/s1. The maximum atomic E-state index is 5.43. The molecule has 0 radical (unpaired) electrons. The molecular weight excluding hydrogens is 268 g/mol. The van der Waals surface area contributed by atoms with Crippen molar-refractivity contribution in [2.75, 3.05) is 7.05 Å². The first-order chi connectivity index (χ1) is 9.72. The zero-order valence-corrected chi connectivity index (χ0v) is 12.5. The van der Waals surface area contributed by atoms with Gasteiger partial charge in [0.1, 0.15) is 0 Å². The van der Waals surface area contributed by atoms with Crippen LogP contribution in [0.3, 0.4) is 0 Å². The highest BCUT2D eigenvalue weighted by atomic mass is 32.1. The van der Waals surface area contributed by atoms with Crippen LogP contribution >= 0.6 is 12.2 Å². The molecule has 1 saturated heterocycles. The Hall–Kier alpha value is -1.88. The molecule has 3 heterocycles. The molecule has 1 N–H and O–H groups in total. The smallest absolute Gasteiger partial charge is 0.169 e. The topological polar surface area (TPSA) is 33.1 Å². The van der Waals surface area contributed by atoms with E-state index < -0.39 is 0 Å². The van der Waals surface area contributed by atoms with E-state index in [2.05, 4.69) is 45.0 Å². The van der Waals surface area contributed by atoms with Crippen LogP contribution in [0.2, 0.25) is 0 Å². The molecule has 20 heavy (non-hydrogen) atoms. The van der Waals surface area contributed by atoms with Crippen LogP contribution in [0.1, 0.15) is 30.4 Å². The van der Waals surface area contributed by atoms with Crippen LogP contribution in [0, 0.1) is 0 Å². The third-order valence-electron chi connectivity index (χ3n) is 3.85. The fraction of sp³-hybridized carbons (Fsp3) is 0.333. The molecule has 2 aromatic heterocycles. The van der Waals surface area contributed by atoms with Gasteiger partial charge in [0, 0.05) is 31.7 Å². The Bertz CT molecular complexity index is 607. The monoisotopic (exact) mass is 286 g/mol. The minimum atomic E-state index is 0.0916. The SMILES string of the molecule is CCn1cccc1[C@H]1[C@H](c2ccccn2)NC(=S)N1C. The number of pyridine rings is 1. The highest BCUT2D eigenvalue weighted by Crippen LogP contribution is 2.37. The summed E-state index contributed by atoms with van der Waals surface area (Å²) in [5.41, 5.74) is 2.28. The van der Waals surface area contributed by atoms with Crippen LogP contribution < -0.4 is 5.32 Å². The minimum Gasteiger partial charge on any atom is -0.352 e. The Morgan fingerprint density at radius 3 is 2.85 bits per heavy atom. The van der Waals surface area contributed by atoms with E-state index in [0.29, 0.717) is 0 Å². The molecule has 1 aliphatic heterocycles. The number of likely N-dealkylation sites (N-methyl/N-ethyl adjacent to an activating group) is 1. The van der Waals surface area contributed by atoms with Crippen LogP contribution in [-0.4, -0.2) is 26.6 Å². The molecule has 0 bridgehead atoms. The molecule has 104 valence electrons. The quantitative estimate of drug-likeness (QED) is 0.879. The van der Waals surface area contributed by atoms with Crippen molar-refractivity contribution in [2.45, 2.75) is 25.6 Å². The normalized spacial score (nSPS) is 22.1. The van der Waals surface area contributed by atoms with Crippen molar-refractivity contribution in [3.8, 4) is 0 Å². The molecule has 4 nitrogen and oxygen atoms in total. The van der Waals surface area contributed by atoms with Crippen molar-refractivity contribution >= 4 is 17.3 Å². The summed E-state index contributed by atoms with van der Waals surface area (Å²) in [5, 5.41) is 4.16. The van der Waals surface area contributed by atoms with Gasteiger partial charge < -0.3 is 14.8 Å². The fourth-order valence-electron chi connectivity index (χ4n) is 2.81. The van der Waals surface area contributed by atoms with E-state index in [0.717, 1.165) is 17.4 Å². The van der Waals surface area contributed by atoms with Gasteiger partial charge in [-0.05, 0) is 43.4 Å². The zero-order valence-electron chi connectivity index (χ0n) is 11.7. The molecule has 0 saturated carbocycles. The zero-order chi connectivity index (χ0) is 14.1. The number of hydrogen-bond acceptors (Lipinski definition) is 2. The summed E-state index contributed by atoms with van der Waals surface area (Å²) in [6.07, 6.45) is 3.94. The van der Waals surface area contributed by atoms with Crippen molar-refractivity contribution in [1.82, 2.24) is 19.8 Å². The van der Waals surface area contributed by atoms with Gasteiger partial charge in [0.25, 0.3) is 0 Å². The average Bonchev–Trinajstić information content (AvgIpc) is 3.05. The summed E-state index contributed by atoms with van der Waals surface area (Å²) in [6, 6.07) is 10.5. The molecule has 1 aliphatic rings. The largest absolute Gasteiger partial charge is 0.352 e. The van der Waals surface area contributed by atoms with Crippen LogP contribution in [0.15, 0.2) is 42.7 Å². The van der Waals surface area contributed by atoms with Crippen molar-refractivity contribution in [1.29, 1.82) is 0 Å². The van der Waals surface area contributed by atoms with Gasteiger partial charge in [-0.15, -0.1) is 0 Å². The van der Waals surface area contributed by atoms with Crippen molar-refractivity contribution < 1.29 is 0 Å². The lowest BCUT2D eigenvalue weighted by Gasteiger charge is -2.25. The van der Waals surface area contributed by atoms with Gasteiger partial charge in [-0.25, -0.2) is 0 Å². The molecule has 0 amide bonds. The second kappa shape index (κ2) is 5.25. The highest BCUT2D eigenvalue weighted by molar-refractivity contribution is 7.80. The predicted molar refractivity (Wildman–Crippen MR) is 83.3 cm³/mol. The number of hydrogen-bond donors (Lipinski definition) is 1. The Morgan fingerprint density at radius 2 is 2.15 bits per heavy atom. The number of nitrogens with zero attached hydrogens (tertiary/aromatic N) is 3. The molecule has 1 fully saturated rings. The third-order valence-corrected chi connectivity index (χ3v) is 4.25. The van der Waals surface area contributed by atoms with Gasteiger partial charge in [0.2, 0.25) is 0 Å². The summed E-state index contributed by atoms with van der Waals surface area (Å²) < 4.78 is 2.26. The Balaban J connectivity index is 2.03. The van der Waals surface area contributed by atoms with Gasteiger partial charge >= 0.3 is 0 Å². The van der Waals surface area contributed by atoms with E-state index in [9.17, 15) is 0 Å². The third kappa shape index (κ3) is 2.08.